The Balaban J connectivity index is 1.67. The van der Waals surface area contributed by atoms with E-state index in [1.165, 1.54) is 38.5 Å². The normalized spacial score (nSPS) is 56.4. The molecule has 0 unspecified atom stereocenters. The van der Waals surface area contributed by atoms with Gasteiger partial charge < -0.3 is 9.84 Å². The van der Waals surface area contributed by atoms with Gasteiger partial charge in [-0.15, -0.1) is 0 Å². The fourth-order valence-corrected chi connectivity index (χ4v) is 11.2. The van der Waals surface area contributed by atoms with Crippen molar-refractivity contribution in [2.45, 2.75) is 126 Å². The molecule has 1 N–H and O–H groups in total. The minimum Gasteiger partial charge on any atom is -0.393 e. The second kappa shape index (κ2) is 7.83. The highest BCUT2D eigenvalue weighted by Gasteiger charge is 2.70. The lowest BCUT2D eigenvalue weighted by atomic mass is 9.33. The van der Waals surface area contributed by atoms with Gasteiger partial charge in [-0.2, -0.15) is 0 Å². The molecule has 4 saturated carbocycles. The van der Waals surface area contributed by atoms with Gasteiger partial charge in [0.2, 0.25) is 0 Å². The van der Waals surface area contributed by atoms with E-state index in [0.717, 1.165) is 31.3 Å². The van der Waals surface area contributed by atoms with Crippen molar-refractivity contribution in [3.63, 3.8) is 0 Å². The Labute approximate surface area is 210 Å². The van der Waals surface area contributed by atoms with Gasteiger partial charge >= 0.3 is 0 Å². The van der Waals surface area contributed by atoms with Gasteiger partial charge in [-0.25, -0.2) is 0 Å². The molecule has 11 atom stereocenters. The fraction of sp³-hybridized carbons (Fsp3) is 0.938. The predicted molar refractivity (Wildman–Crippen MR) is 141 cm³/mol. The Morgan fingerprint density at radius 2 is 1.62 bits per heavy atom. The van der Waals surface area contributed by atoms with Crippen LogP contribution in [0.2, 0.25) is 0 Å². The number of allylic oxidation sites excluding steroid dienone is 1. The maximum Gasteiger partial charge on any atom is 0.0797 e. The molecular weight excluding hydrogens is 416 g/mol. The minimum atomic E-state index is -0.175. The third-order valence-electron chi connectivity index (χ3n) is 13.7. The van der Waals surface area contributed by atoms with E-state index in [-0.39, 0.29) is 33.9 Å². The highest BCUT2D eigenvalue weighted by Crippen LogP contribution is 2.75. The number of aliphatic hydroxyl groups is 1. The lowest BCUT2D eigenvalue weighted by Crippen LogP contribution is -2.67. The molecule has 4 fully saturated rings. The van der Waals surface area contributed by atoms with E-state index in [4.69, 9.17) is 4.74 Å². The van der Waals surface area contributed by atoms with Crippen molar-refractivity contribution in [3.8, 4) is 0 Å². The minimum absolute atomic E-state index is 0.0194. The second-order valence-electron chi connectivity index (χ2n) is 15.2. The van der Waals surface area contributed by atoms with E-state index in [0.29, 0.717) is 23.2 Å². The Hall–Kier alpha value is -0.340. The van der Waals surface area contributed by atoms with Crippen molar-refractivity contribution >= 4 is 0 Å². The van der Waals surface area contributed by atoms with Crippen LogP contribution in [-0.4, -0.2) is 23.9 Å². The van der Waals surface area contributed by atoms with Gasteiger partial charge in [0.25, 0.3) is 0 Å². The molecule has 194 valence electrons. The van der Waals surface area contributed by atoms with Crippen LogP contribution in [0.25, 0.3) is 0 Å². The van der Waals surface area contributed by atoms with Crippen molar-refractivity contribution in [1.82, 2.24) is 0 Å². The van der Waals surface area contributed by atoms with Crippen LogP contribution in [-0.2, 0) is 4.74 Å². The maximum absolute atomic E-state index is 11.0. The summed E-state index contributed by atoms with van der Waals surface area (Å²) in [6, 6.07) is 0. The van der Waals surface area contributed by atoms with Crippen LogP contribution in [0.5, 0.6) is 0 Å². The van der Waals surface area contributed by atoms with Crippen LogP contribution >= 0.6 is 0 Å². The molecule has 0 aliphatic heterocycles. The Kier molecular flexibility index (Phi) is 5.83. The summed E-state index contributed by atoms with van der Waals surface area (Å²) in [5, 5.41) is 11.0. The Morgan fingerprint density at radius 3 is 2.29 bits per heavy atom. The summed E-state index contributed by atoms with van der Waals surface area (Å²) in [4.78, 5) is 0. The third-order valence-corrected chi connectivity index (χ3v) is 13.7. The second-order valence-corrected chi connectivity index (χ2v) is 15.2. The molecule has 0 aromatic heterocycles. The summed E-state index contributed by atoms with van der Waals surface area (Å²) < 4.78 is 6.76. The highest BCUT2D eigenvalue weighted by atomic mass is 16.5. The van der Waals surface area contributed by atoms with Gasteiger partial charge in [0, 0.05) is 12.5 Å². The molecule has 0 bridgehead atoms. The molecular formula is C32H54O2. The summed E-state index contributed by atoms with van der Waals surface area (Å²) >= 11 is 0. The summed E-state index contributed by atoms with van der Waals surface area (Å²) in [6.45, 7) is 23.3. The number of aliphatic hydroxyl groups excluding tert-OH is 1. The van der Waals surface area contributed by atoms with E-state index < -0.39 is 0 Å². The van der Waals surface area contributed by atoms with E-state index >= 15 is 0 Å². The smallest absolute Gasteiger partial charge is 0.0797 e. The molecule has 34 heavy (non-hydrogen) atoms. The zero-order valence-corrected chi connectivity index (χ0v) is 23.8. The van der Waals surface area contributed by atoms with Crippen LogP contribution in [0.15, 0.2) is 11.6 Å². The lowest BCUT2D eigenvalue weighted by molar-refractivity contribution is -0.231. The van der Waals surface area contributed by atoms with Crippen molar-refractivity contribution in [2.24, 2.45) is 56.7 Å². The molecule has 0 aromatic carbocycles. The largest absolute Gasteiger partial charge is 0.393 e. The molecule has 0 aromatic rings. The predicted octanol–water partition coefficient (Wildman–Crippen LogP) is 8.04. The summed E-state index contributed by atoms with van der Waals surface area (Å²) in [6.07, 6.45) is 12.9. The fourth-order valence-electron chi connectivity index (χ4n) is 11.2. The van der Waals surface area contributed by atoms with Crippen molar-refractivity contribution in [1.29, 1.82) is 0 Å². The Bertz CT molecular complexity index is 844. The van der Waals surface area contributed by atoms with Gasteiger partial charge in [0.1, 0.15) is 0 Å². The molecule has 2 heteroatoms. The van der Waals surface area contributed by atoms with Crippen molar-refractivity contribution < 1.29 is 9.84 Å². The van der Waals surface area contributed by atoms with Gasteiger partial charge in [-0.05, 0) is 109 Å². The van der Waals surface area contributed by atoms with E-state index in [1.54, 1.807) is 5.57 Å². The number of hydrogen-bond acceptors (Lipinski definition) is 2. The number of rotatable bonds is 2. The molecule has 0 radical (unpaired) electrons. The third kappa shape index (κ3) is 3.06. The maximum atomic E-state index is 11.0. The molecule has 5 aliphatic carbocycles. The number of ether oxygens (including phenoxy) is 1. The standard InChI is InChI=1S/C32H54O2/c1-10-34-23-19-22-26-21(3)20(2)11-14-29(26,6)17-18-31(22,8)32(9)16-12-24-28(4,5)25(33)13-15-30(24,7)27(23)32/h19-21,23-27,33H,10-18H2,1-9H3/t20-,21+,23-,24+,25+,26+,27-,29-,30+,31-,32-/m1/s1. The van der Waals surface area contributed by atoms with Gasteiger partial charge in [0.05, 0.1) is 12.2 Å². The average molecular weight is 471 g/mol. The van der Waals surface area contributed by atoms with Crippen LogP contribution in [0, 0.1) is 56.7 Å². The molecule has 2 nitrogen and oxygen atoms in total. The first-order valence-electron chi connectivity index (χ1n) is 14.8. The summed E-state index contributed by atoms with van der Waals surface area (Å²) in [7, 11) is 0. The summed E-state index contributed by atoms with van der Waals surface area (Å²) in [5.74, 6) is 3.35. The first kappa shape index (κ1) is 25.3. The van der Waals surface area contributed by atoms with Crippen molar-refractivity contribution in [2.75, 3.05) is 6.61 Å². The van der Waals surface area contributed by atoms with Gasteiger partial charge in [-0.1, -0.05) is 67.0 Å². The van der Waals surface area contributed by atoms with Gasteiger partial charge in [0.15, 0.2) is 0 Å². The average Bonchev–Trinajstić information content (AvgIpc) is 2.76. The lowest BCUT2D eigenvalue weighted by Gasteiger charge is -2.72. The molecule has 5 rings (SSSR count). The molecule has 0 heterocycles. The number of hydrogen-bond donors (Lipinski definition) is 1. The first-order valence-corrected chi connectivity index (χ1v) is 14.8. The van der Waals surface area contributed by atoms with Crippen LogP contribution in [0.4, 0.5) is 0 Å². The van der Waals surface area contributed by atoms with Gasteiger partial charge in [-0.3, -0.25) is 0 Å². The van der Waals surface area contributed by atoms with Crippen molar-refractivity contribution in [3.05, 3.63) is 11.6 Å². The molecule has 0 saturated heterocycles. The first-order chi connectivity index (χ1) is 15.8. The SMILES string of the molecule is CCO[C@@H]1C=C2[C@@H]3[C@@H](C)[C@H](C)CC[C@]3(C)CC[C@@]2(C)[C@]2(C)CC[C@H]3C(C)(C)[C@@H](O)CC[C@]3(C)[C@@H]12. The van der Waals surface area contributed by atoms with E-state index in [2.05, 4.69) is 68.4 Å². The Morgan fingerprint density at radius 1 is 0.912 bits per heavy atom. The highest BCUT2D eigenvalue weighted by molar-refractivity contribution is 5.36. The van der Waals surface area contributed by atoms with Crippen LogP contribution in [0.3, 0.4) is 0 Å². The topological polar surface area (TPSA) is 29.5 Å². The van der Waals surface area contributed by atoms with E-state index in [9.17, 15) is 5.11 Å². The van der Waals surface area contributed by atoms with Crippen LogP contribution in [0.1, 0.15) is 114 Å². The zero-order valence-electron chi connectivity index (χ0n) is 23.8. The molecule has 5 aliphatic rings. The van der Waals surface area contributed by atoms with Crippen LogP contribution < -0.4 is 0 Å². The monoisotopic (exact) mass is 470 g/mol. The quantitative estimate of drug-likeness (QED) is 0.414. The van der Waals surface area contributed by atoms with E-state index in [1.807, 2.05) is 0 Å². The zero-order chi connectivity index (χ0) is 24.9. The number of fused-ring (bicyclic) bond motifs is 7. The molecule has 0 spiro atoms. The molecule has 0 amide bonds. The summed E-state index contributed by atoms with van der Waals surface area (Å²) in [5.41, 5.74) is 2.95.